The molecular weight excluding hydrogens is 298 g/mol. The highest BCUT2D eigenvalue weighted by molar-refractivity contribution is 6.43. The number of hydrogen-bond acceptors (Lipinski definition) is 7. The lowest BCUT2D eigenvalue weighted by Crippen LogP contribution is -2.49. The van der Waals surface area contributed by atoms with Gasteiger partial charge < -0.3 is 20.7 Å². The lowest BCUT2D eigenvalue weighted by atomic mass is 10.0. The van der Waals surface area contributed by atoms with Crippen molar-refractivity contribution in [1.29, 1.82) is 0 Å². The van der Waals surface area contributed by atoms with Gasteiger partial charge in [-0.2, -0.15) is 0 Å². The number of aliphatic carboxylic acids is 1. The molecule has 0 bridgehead atoms. The van der Waals surface area contributed by atoms with Crippen molar-refractivity contribution >= 4 is 17.6 Å². The number of nitrogens with zero attached hydrogens (tertiary/aromatic N) is 2. The van der Waals surface area contributed by atoms with Crippen LogP contribution in [0.1, 0.15) is 27.2 Å². The summed E-state index contributed by atoms with van der Waals surface area (Å²) < 4.78 is 0. The maximum absolute atomic E-state index is 11.8. The summed E-state index contributed by atoms with van der Waals surface area (Å²) in [5.74, 6) is -2.55. The molecule has 0 aliphatic rings. The number of aliphatic hydroxyl groups is 1. The second kappa shape index (κ2) is 8.72. The molecule has 0 radical (unpaired) electrons. The van der Waals surface area contributed by atoms with Gasteiger partial charge in [0.15, 0.2) is 11.8 Å². The van der Waals surface area contributed by atoms with Gasteiger partial charge in [0.05, 0.1) is 6.10 Å². The van der Waals surface area contributed by atoms with E-state index in [1.807, 2.05) is 5.32 Å². The molecule has 22 heavy (non-hydrogen) atoms. The van der Waals surface area contributed by atoms with Crippen LogP contribution in [0.25, 0.3) is 0 Å². The standard InChI is InChI=1S/C12H19N3O7/c1-4-8(6(2)15(21)22)5-9(14-20)11(17)13-10(7(3)16)12(18)19/h5-7,10,16,20H,4H2,1-3H3,(H,13,17)(H,18,19)/b8-5+,14-9+/t6?,7?,10-/m0/s1. The predicted molar refractivity (Wildman–Crippen MR) is 75.3 cm³/mol. The van der Waals surface area contributed by atoms with Crippen molar-refractivity contribution in [3.8, 4) is 0 Å². The molecule has 0 aromatic heterocycles. The largest absolute Gasteiger partial charge is 0.480 e. The van der Waals surface area contributed by atoms with Crippen LogP contribution in [-0.2, 0) is 9.59 Å². The Morgan fingerprint density at radius 3 is 2.27 bits per heavy atom. The molecule has 0 aromatic carbocycles. The highest BCUT2D eigenvalue weighted by Gasteiger charge is 2.27. The van der Waals surface area contributed by atoms with Gasteiger partial charge in [0, 0.05) is 17.4 Å². The Labute approximate surface area is 126 Å². The third-order valence-electron chi connectivity index (χ3n) is 2.96. The molecule has 0 rings (SSSR count). The number of nitro groups is 1. The van der Waals surface area contributed by atoms with E-state index in [1.54, 1.807) is 6.92 Å². The number of carboxylic acid groups (broad SMARTS) is 1. The van der Waals surface area contributed by atoms with Crippen LogP contribution in [0.5, 0.6) is 0 Å². The van der Waals surface area contributed by atoms with Crippen LogP contribution in [0.2, 0.25) is 0 Å². The van der Waals surface area contributed by atoms with Crippen molar-refractivity contribution in [2.75, 3.05) is 0 Å². The summed E-state index contributed by atoms with van der Waals surface area (Å²) >= 11 is 0. The number of nitrogens with one attached hydrogen (secondary N) is 1. The molecule has 10 nitrogen and oxygen atoms in total. The van der Waals surface area contributed by atoms with Crippen LogP contribution in [0.3, 0.4) is 0 Å². The first-order valence-corrected chi connectivity index (χ1v) is 6.43. The number of carbonyl (C=O) groups excluding carboxylic acids is 1. The molecule has 0 heterocycles. The molecule has 0 fully saturated rings. The van der Waals surface area contributed by atoms with Crippen LogP contribution in [0.15, 0.2) is 16.8 Å². The quantitative estimate of drug-likeness (QED) is 0.208. The van der Waals surface area contributed by atoms with Crippen molar-refractivity contribution in [3.63, 3.8) is 0 Å². The lowest BCUT2D eigenvalue weighted by molar-refractivity contribution is -0.507. The van der Waals surface area contributed by atoms with Gasteiger partial charge in [-0.3, -0.25) is 14.9 Å². The van der Waals surface area contributed by atoms with Gasteiger partial charge in [-0.25, -0.2) is 4.79 Å². The fourth-order valence-corrected chi connectivity index (χ4v) is 1.57. The molecule has 10 heteroatoms. The van der Waals surface area contributed by atoms with E-state index in [1.165, 1.54) is 6.92 Å². The Balaban J connectivity index is 5.31. The molecule has 1 amide bonds. The molecule has 0 spiro atoms. The first-order valence-electron chi connectivity index (χ1n) is 6.43. The fraction of sp³-hybridized carbons (Fsp3) is 0.583. The van der Waals surface area contributed by atoms with Gasteiger partial charge in [-0.05, 0) is 19.4 Å². The molecule has 0 aliphatic heterocycles. The topological polar surface area (TPSA) is 162 Å². The number of aliphatic hydroxyl groups excluding tert-OH is 1. The Morgan fingerprint density at radius 1 is 1.41 bits per heavy atom. The van der Waals surface area contributed by atoms with Crippen LogP contribution in [0.4, 0.5) is 0 Å². The van der Waals surface area contributed by atoms with Crippen molar-refractivity contribution in [2.45, 2.75) is 45.4 Å². The van der Waals surface area contributed by atoms with Gasteiger partial charge in [0.1, 0.15) is 0 Å². The highest BCUT2D eigenvalue weighted by Crippen LogP contribution is 2.10. The molecule has 4 N–H and O–H groups in total. The van der Waals surface area contributed by atoms with Gasteiger partial charge in [-0.15, -0.1) is 0 Å². The third kappa shape index (κ3) is 5.48. The van der Waals surface area contributed by atoms with E-state index in [0.717, 1.165) is 13.0 Å². The zero-order chi connectivity index (χ0) is 17.4. The van der Waals surface area contributed by atoms with E-state index in [9.17, 15) is 24.8 Å². The van der Waals surface area contributed by atoms with Crippen LogP contribution < -0.4 is 5.32 Å². The number of amides is 1. The summed E-state index contributed by atoms with van der Waals surface area (Å²) in [6.45, 7) is 4.09. The summed E-state index contributed by atoms with van der Waals surface area (Å²) in [6.07, 6.45) is -0.134. The summed E-state index contributed by atoms with van der Waals surface area (Å²) in [7, 11) is 0. The number of carbonyl (C=O) groups is 2. The molecule has 0 aliphatic carbocycles. The van der Waals surface area contributed by atoms with E-state index < -0.39 is 40.7 Å². The maximum atomic E-state index is 11.8. The predicted octanol–water partition coefficient (Wildman–Crippen LogP) is -0.232. The molecule has 3 atom stereocenters. The van der Waals surface area contributed by atoms with Crippen molar-refractivity contribution in [1.82, 2.24) is 5.32 Å². The van der Waals surface area contributed by atoms with Crippen molar-refractivity contribution in [3.05, 3.63) is 21.8 Å². The molecule has 2 unspecified atom stereocenters. The monoisotopic (exact) mass is 317 g/mol. The van der Waals surface area contributed by atoms with Gasteiger partial charge in [0.25, 0.3) is 5.91 Å². The number of carboxylic acids is 1. The highest BCUT2D eigenvalue weighted by atomic mass is 16.6. The maximum Gasteiger partial charge on any atom is 0.328 e. The fourth-order valence-electron chi connectivity index (χ4n) is 1.57. The SMILES string of the molecule is CC/C(=C\C(=N/O)C(=O)N[C@H](C(=O)O)C(C)O)C(C)[N+](=O)[O-]. The summed E-state index contributed by atoms with van der Waals surface area (Å²) in [5.41, 5.74) is -0.366. The van der Waals surface area contributed by atoms with Crippen LogP contribution in [0, 0.1) is 10.1 Å². The molecule has 0 aromatic rings. The first-order chi connectivity index (χ1) is 10.1. The summed E-state index contributed by atoms with van der Waals surface area (Å²) in [4.78, 5) is 32.9. The Kier molecular flexibility index (Phi) is 7.73. The number of rotatable bonds is 8. The average molecular weight is 317 g/mol. The van der Waals surface area contributed by atoms with E-state index >= 15 is 0 Å². The Morgan fingerprint density at radius 2 is 1.95 bits per heavy atom. The molecule has 124 valence electrons. The second-order valence-corrected chi connectivity index (χ2v) is 4.55. The normalized spacial score (nSPS) is 16.5. The minimum absolute atomic E-state index is 0.219. The van der Waals surface area contributed by atoms with E-state index in [4.69, 9.17) is 10.3 Å². The van der Waals surface area contributed by atoms with E-state index in [2.05, 4.69) is 5.16 Å². The molecule has 0 saturated carbocycles. The zero-order valence-corrected chi connectivity index (χ0v) is 12.4. The third-order valence-corrected chi connectivity index (χ3v) is 2.96. The van der Waals surface area contributed by atoms with E-state index in [-0.39, 0.29) is 12.0 Å². The van der Waals surface area contributed by atoms with Crippen molar-refractivity contribution in [2.24, 2.45) is 5.16 Å². The van der Waals surface area contributed by atoms with Gasteiger partial charge in [-0.1, -0.05) is 12.1 Å². The van der Waals surface area contributed by atoms with Crippen LogP contribution in [-0.4, -0.2) is 56.1 Å². The molecular formula is C12H19N3O7. The van der Waals surface area contributed by atoms with Crippen LogP contribution >= 0.6 is 0 Å². The van der Waals surface area contributed by atoms with Crippen molar-refractivity contribution < 1.29 is 29.9 Å². The number of hydrogen-bond donors (Lipinski definition) is 4. The smallest absolute Gasteiger partial charge is 0.328 e. The van der Waals surface area contributed by atoms with Gasteiger partial charge in [0.2, 0.25) is 6.04 Å². The average Bonchev–Trinajstić information content (AvgIpc) is 2.44. The van der Waals surface area contributed by atoms with Gasteiger partial charge >= 0.3 is 5.97 Å². The molecule has 0 saturated heterocycles. The lowest BCUT2D eigenvalue weighted by Gasteiger charge is -2.16. The summed E-state index contributed by atoms with van der Waals surface area (Å²) in [5, 5.41) is 42.4. The minimum Gasteiger partial charge on any atom is -0.480 e. The summed E-state index contributed by atoms with van der Waals surface area (Å²) in [6, 6.07) is -2.70. The number of oxime groups is 1. The second-order valence-electron chi connectivity index (χ2n) is 4.55. The van der Waals surface area contributed by atoms with E-state index in [0.29, 0.717) is 0 Å². The Hall–Kier alpha value is -2.49. The zero-order valence-electron chi connectivity index (χ0n) is 12.4. The minimum atomic E-state index is -1.60. The Bertz CT molecular complexity index is 499. The first kappa shape index (κ1) is 19.5.